The van der Waals surface area contributed by atoms with E-state index < -0.39 is 22.0 Å². The Balaban J connectivity index is 2.00. The minimum Gasteiger partial charge on any atom is -0.336 e. The van der Waals surface area contributed by atoms with Gasteiger partial charge in [0.25, 0.3) is 21.8 Å². The predicted molar refractivity (Wildman–Crippen MR) is 83.7 cm³/mol. The number of amides is 2. The maximum atomic E-state index is 12.6. The summed E-state index contributed by atoms with van der Waals surface area (Å²) < 4.78 is 26.0. The van der Waals surface area contributed by atoms with Crippen LogP contribution in [0.15, 0.2) is 23.1 Å². The fourth-order valence-corrected chi connectivity index (χ4v) is 4.73. The molecule has 8 heteroatoms. The third-order valence-corrected chi connectivity index (χ3v) is 6.07. The van der Waals surface area contributed by atoms with Gasteiger partial charge in [0.2, 0.25) is 0 Å². The van der Waals surface area contributed by atoms with Crippen molar-refractivity contribution in [2.45, 2.75) is 24.8 Å². The summed E-state index contributed by atoms with van der Waals surface area (Å²) in [5.41, 5.74) is 0.434. The molecule has 1 aromatic rings. The number of fused-ring (bicyclic) bond motifs is 1. The standard InChI is InChI=1S/C15H19N3O4S/c1-10(2)18-15(20)12-4-3-11(9-13(12)23(18,21)22)14(19)17-7-5-16-6-8-17/h3-4,9-10,16H,5-8H2,1-2H3. The molecule has 23 heavy (non-hydrogen) atoms. The summed E-state index contributed by atoms with van der Waals surface area (Å²) in [7, 11) is -3.88. The summed E-state index contributed by atoms with van der Waals surface area (Å²) in [5, 5.41) is 3.16. The van der Waals surface area contributed by atoms with Crippen molar-refractivity contribution < 1.29 is 18.0 Å². The molecule has 2 heterocycles. The highest BCUT2D eigenvalue weighted by Crippen LogP contribution is 2.32. The minimum absolute atomic E-state index is 0.0721. The highest BCUT2D eigenvalue weighted by atomic mass is 32.2. The van der Waals surface area contributed by atoms with Crippen molar-refractivity contribution in [1.82, 2.24) is 14.5 Å². The van der Waals surface area contributed by atoms with Gasteiger partial charge in [0.05, 0.1) is 5.56 Å². The van der Waals surface area contributed by atoms with Crippen molar-refractivity contribution in [1.29, 1.82) is 0 Å². The summed E-state index contributed by atoms with van der Waals surface area (Å²) in [6.07, 6.45) is 0. The smallest absolute Gasteiger partial charge is 0.269 e. The summed E-state index contributed by atoms with van der Waals surface area (Å²) >= 11 is 0. The number of benzene rings is 1. The number of nitrogens with zero attached hydrogens (tertiary/aromatic N) is 2. The normalized spacial score (nSPS) is 20.0. The van der Waals surface area contributed by atoms with E-state index in [4.69, 9.17) is 0 Å². The Kier molecular flexibility index (Phi) is 3.89. The number of piperazine rings is 1. The van der Waals surface area contributed by atoms with E-state index in [1.54, 1.807) is 18.7 Å². The van der Waals surface area contributed by atoms with Crippen LogP contribution in [0.5, 0.6) is 0 Å². The van der Waals surface area contributed by atoms with E-state index in [9.17, 15) is 18.0 Å². The Morgan fingerprint density at radius 1 is 1.22 bits per heavy atom. The predicted octanol–water partition coefficient (Wildman–Crippen LogP) is 0.285. The Morgan fingerprint density at radius 2 is 1.87 bits per heavy atom. The van der Waals surface area contributed by atoms with Crippen molar-refractivity contribution in [2.24, 2.45) is 0 Å². The van der Waals surface area contributed by atoms with Crippen molar-refractivity contribution >= 4 is 21.8 Å². The summed E-state index contributed by atoms with van der Waals surface area (Å²) in [6.45, 7) is 5.89. The van der Waals surface area contributed by atoms with Crippen molar-refractivity contribution in [2.75, 3.05) is 26.2 Å². The lowest BCUT2D eigenvalue weighted by Gasteiger charge is -2.27. The molecule has 0 aliphatic carbocycles. The van der Waals surface area contributed by atoms with Gasteiger partial charge in [-0.25, -0.2) is 12.7 Å². The first-order valence-electron chi connectivity index (χ1n) is 7.57. The average molecular weight is 337 g/mol. The molecule has 1 saturated heterocycles. The fourth-order valence-electron chi connectivity index (χ4n) is 2.94. The van der Waals surface area contributed by atoms with Crippen molar-refractivity contribution in [3.63, 3.8) is 0 Å². The molecule has 0 radical (unpaired) electrons. The second kappa shape index (κ2) is 5.61. The third-order valence-electron chi connectivity index (χ3n) is 4.07. The molecule has 124 valence electrons. The zero-order valence-electron chi connectivity index (χ0n) is 13.1. The molecule has 1 fully saturated rings. The fraction of sp³-hybridized carbons (Fsp3) is 0.467. The van der Waals surface area contributed by atoms with E-state index in [-0.39, 0.29) is 16.4 Å². The van der Waals surface area contributed by atoms with Gasteiger partial charge in [0.15, 0.2) is 0 Å². The van der Waals surface area contributed by atoms with Gasteiger partial charge in [-0.3, -0.25) is 9.59 Å². The van der Waals surface area contributed by atoms with E-state index >= 15 is 0 Å². The maximum Gasteiger partial charge on any atom is 0.269 e. The lowest BCUT2D eigenvalue weighted by atomic mass is 10.1. The van der Waals surface area contributed by atoms with Crippen LogP contribution >= 0.6 is 0 Å². The molecular formula is C15H19N3O4S. The molecule has 3 rings (SSSR count). The van der Waals surface area contributed by atoms with Gasteiger partial charge in [0.1, 0.15) is 4.90 Å². The van der Waals surface area contributed by atoms with Crippen LogP contribution in [0.4, 0.5) is 0 Å². The Bertz CT molecular complexity index is 767. The van der Waals surface area contributed by atoms with Crippen molar-refractivity contribution in [3.8, 4) is 0 Å². The highest BCUT2D eigenvalue weighted by molar-refractivity contribution is 7.90. The lowest BCUT2D eigenvalue weighted by Crippen LogP contribution is -2.46. The topological polar surface area (TPSA) is 86.8 Å². The van der Waals surface area contributed by atoms with Gasteiger partial charge in [0, 0.05) is 37.8 Å². The van der Waals surface area contributed by atoms with Crippen LogP contribution in [0, 0.1) is 0 Å². The van der Waals surface area contributed by atoms with Gasteiger partial charge >= 0.3 is 0 Å². The molecule has 0 saturated carbocycles. The van der Waals surface area contributed by atoms with Gasteiger partial charge in [-0.2, -0.15) is 0 Å². The Morgan fingerprint density at radius 3 is 2.48 bits per heavy atom. The first kappa shape index (κ1) is 15.9. The summed E-state index contributed by atoms with van der Waals surface area (Å²) in [5.74, 6) is -0.740. The molecule has 2 amide bonds. The Hall–Kier alpha value is -1.93. The number of carbonyl (C=O) groups is 2. The van der Waals surface area contributed by atoms with Gasteiger partial charge in [-0.05, 0) is 32.0 Å². The number of nitrogens with one attached hydrogen (secondary N) is 1. The van der Waals surface area contributed by atoms with Gasteiger partial charge < -0.3 is 10.2 Å². The first-order valence-corrected chi connectivity index (χ1v) is 9.01. The first-order chi connectivity index (χ1) is 10.8. The van der Waals surface area contributed by atoms with E-state index in [2.05, 4.69) is 5.32 Å². The second-order valence-corrected chi connectivity index (χ2v) is 7.74. The molecule has 0 spiro atoms. The van der Waals surface area contributed by atoms with E-state index in [1.807, 2.05) is 0 Å². The number of carbonyl (C=O) groups excluding carboxylic acids is 2. The van der Waals surface area contributed by atoms with E-state index in [1.165, 1.54) is 18.2 Å². The van der Waals surface area contributed by atoms with Crippen LogP contribution in [0.25, 0.3) is 0 Å². The molecule has 7 nitrogen and oxygen atoms in total. The second-order valence-electron chi connectivity index (χ2n) is 5.95. The molecule has 0 unspecified atom stereocenters. The number of hydrogen-bond donors (Lipinski definition) is 1. The van der Waals surface area contributed by atoms with E-state index in [0.29, 0.717) is 31.7 Å². The molecular weight excluding hydrogens is 318 g/mol. The zero-order chi connectivity index (χ0) is 16.8. The van der Waals surface area contributed by atoms with Crippen LogP contribution < -0.4 is 5.32 Å². The summed E-state index contributed by atoms with van der Waals surface area (Å²) in [4.78, 5) is 26.4. The maximum absolute atomic E-state index is 12.6. The van der Waals surface area contributed by atoms with Crippen LogP contribution in [0.1, 0.15) is 34.6 Å². The third kappa shape index (κ3) is 2.51. The number of rotatable bonds is 2. The quantitative estimate of drug-likeness (QED) is 0.838. The molecule has 0 atom stereocenters. The van der Waals surface area contributed by atoms with Crippen LogP contribution in [0.2, 0.25) is 0 Å². The Labute approximate surface area is 135 Å². The highest BCUT2D eigenvalue weighted by Gasteiger charge is 2.43. The largest absolute Gasteiger partial charge is 0.336 e. The van der Waals surface area contributed by atoms with Gasteiger partial charge in [-0.15, -0.1) is 0 Å². The molecule has 2 aliphatic rings. The number of hydrogen-bond acceptors (Lipinski definition) is 5. The monoisotopic (exact) mass is 337 g/mol. The van der Waals surface area contributed by atoms with E-state index in [0.717, 1.165) is 4.31 Å². The average Bonchev–Trinajstić information content (AvgIpc) is 2.73. The van der Waals surface area contributed by atoms with Crippen LogP contribution in [-0.2, 0) is 10.0 Å². The molecule has 0 aromatic heterocycles. The SMILES string of the molecule is CC(C)N1C(=O)c2ccc(C(=O)N3CCNCC3)cc2S1(=O)=O. The molecule has 1 aromatic carbocycles. The van der Waals surface area contributed by atoms with Crippen molar-refractivity contribution in [3.05, 3.63) is 29.3 Å². The molecule has 1 N–H and O–H groups in total. The molecule has 2 aliphatic heterocycles. The lowest BCUT2D eigenvalue weighted by molar-refractivity contribution is 0.0734. The minimum atomic E-state index is -3.88. The molecule has 0 bridgehead atoms. The van der Waals surface area contributed by atoms with Gasteiger partial charge in [-0.1, -0.05) is 0 Å². The van der Waals surface area contributed by atoms with Crippen LogP contribution in [0.3, 0.4) is 0 Å². The summed E-state index contributed by atoms with van der Waals surface area (Å²) in [6, 6.07) is 3.83. The van der Waals surface area contributed by atoms with Crippen LogP contribution in [-0.4, -0.2) is 61.7 Å². The number of sulfonamides is 1. The zero-order valence-corrected chi connectivity index (χ0v) is 13.9.